The molecule has 0 aliphatic carbocycles. The summed E-state index contributed by atoms with van der Waals surface area (Å²) in [6, 6.07) is 30.5. The van der Waals surface area contributed by atoms with Crippen LogP contribution >= 0.6 is 0 Å². The molecule has 306 valence electrons. The number of aryl methyl sites for hydroxylation is 1. The zero-order chi connectivity index (χ0) is 42.9. The van der Waals surface area contributed by atoms with Crippen LogP contribution in [-0.4, -0.2) is 54.6 Å². The average molecular weight is 801 g/mol. The molecule has 2 aromatic heterocycles. The Kier molecular flexibility index (Phi) is 11.5. The molecular weight excluding hydrogens is 753 g/mol. The van der Waals surface area contributed by atoms with Gasteiger partial charge in [0.15, 0.2) is 11.5 Å². The largest absolute Gasteiger partial charge is 0.472 e. The number of benzene rings is 4. The van der Waals surface area contributed by atoms with E-state index < -0.39 is 46.6 Å². The lowest BCUT2D eigenvalue weighted by Gasteiger charge is -2.29. The maximum atomic E-state index is 14.3. The van der Waals surface area contributed by atoms with Gasteiger partial charge in [-0.25, -0.2) is 24.1 Å². The van der Waals surface area contributed by atoms with E-state index in [4.69, 9.17) is 28.9 Å². The molecule has 3 amide bonds. The van der Waals surface area contributed by atoms with E-state index in [9.17, 15) is 19.2 Å². The van der Waals surface area contributed by atoms with E-state index in [1.165, 1.54) is 7.05 Å². The molecule has 0 saturated heterocycles. The molecule has 0 saturated carbocycles. The van der Waals surface area contributed by atoms with Crippen molar-refractivity contribution in [3.8, 4) is 17.0 Å². The highest BCUT2D eigenvalue weighted by atomic mass is 16.6. The van der Waals surface area contributed by atoms with Gasteiger partial charge in [0.1, 0.15) is 28.8 Å². The number of amides is 3. The normalized spacial score (nSPS) is 11.9. The summed E-state index contributed by atoms with van der Waals surface area (Å²) in [6.45, 7) is 14.9. The van der Waals surface area contributed by atoms with E-state index in [1.807, 2.05) is 84.9 Å². The molecule has 6 aromatic rings. The number of aromatic nitrogens is 4. The molecule has 0 radical (unpaired) electrons. The van der Waals surface area contributed by atoms with E-state index in [0.717, 1.165) is 36.9 Å². The van der Waals surface area contributed by atoms with E-state index in [-0.39, 0.29) is 29.5 Å². The van der Waals surface area contributed by atoms with Crippen LogP contribution in [0.1, 0.15) is 67.9 Å². The first kappa shape index (κ1) is 41.8. The Morgan fingerprint density at radius 3 is 1.81 bits per heavy atom. The molecule has 2 heterocycles. The van der Waals surface area contributed by atoms with Gasteiger partial charge in [0.25, 0.3) is 0 Å². The van der Waals surface area contributed by atoms with Gasteiger partial charge in [-0.05, 0) is 102 Å². The van der Waals surface area contributed by atoms with Crippen LogP contribution in [0.4, 0.5) is 31.8 Å². The molecule has 14 heteroatoms. The molecule has 59 heavy (non-hydrogen) atoms. The van der Waals surface area contributed by atoms with E-state index in [2.05, 4.69) is 4.98 Å². The predicted molar refractivity (Wildman–Crippen MR) is 226 cm³/mol. The van der Waals surface area contributed by atoms with Crippen LogP contribution in [0.15, 0.2) is 102 Å². The van der Waals surface area contributed by atoms with E-state index >= 15 is 0 Å². The number of carbonyl (C=O) groups is 3. The van der Waals surface area contributed by atoms with Crippen molar-refractivity contribution in [2.75, 3.05) is 9.80 Å². The number of nitrogens with zero attached hydrogens (tertiary/aromatic N) is 6. The van der Waals surface area contributed by atoms with Gasteiger partial charge in [-0.2, -0.15) is 19.9 Å². The molecule has 6 rings (SSSR count). The molecule has 14 nitrogen and oxygen atoms in total. The number of ether oxygens (including phenoxy) is 4. The zero-order valence-electron chi connectivity index (χ0n) is 34.9. The second-order valence-electron chi connectivity index (χ2n) is 16.8. The lowest BCUT2D eigenvalue weighted by molar-refractivity contribution is 0.0428. The van der Waals surface area contributed by atoms with Crippen molar-refractivity contribution in [1.82, 2.24) is 19.5 Å². The van der Waals surface area contributed by atoms with Gasteiger partial charge >= 0.3 is 24.0 Å². The minimum Gasteiger partial charge on any atom is -0.472 e. The van der Waals surface area contributed by atoms with Gasteiger partial charge in [-0.15, -0.1) is 0 Å². The molecule has 4 aromatic carbocycles. The summed E-state index contributed by atoms with van der Waals surface area (Å²) in [5.41, 5.74) is -1.15. The van der Waals surface area contributed by atoms with Crippen LogP contribution < -0.4 is 20.2 Å². The van der Waals surface area contributed by atoms with Gasteiger partial charge in [-0.3, -0.25) is 4.57 Å². The van der Waals surface area contributed by atoms with Gasteiger partial charge in [0, 0.05) is 7.05 Å². The van der Waals surface area contributed by atoms with Crippen LogP contribution in [0.25, 0.3) is 32.9 Å². The standard InChI is InChI=1S/C45H48N6O8/c1-43(2,3)57-40(53)50(31-25-23-30(24-26-31)33-22-16-20-29-19-14-15-21-32(29)33)38-46-35-34(37(48-38)56-27-28-17-12-11-13-18-28)36(47-39(52)49(35)10)51(41(54)58-44(4,5)6)42(55)59-45(7,8)9/h11-26H,27H2,1-10H3. The third-order valence-corrected chi connectivity index (χ3v) is 8.46. The Morgan fingerprint density at radius 1 is 0.644 bits per heavy atom. The average Bonchev–Trinajstić information content (AvgIpc) is 3.14. The Labute approximate surface area is 342 Å². The number of carbonyl (C=O) groups excluding carboxylic acids is 3. The molecular formula is C45H48N6O8. The van der Waals surface area contributed by atoms with Gasteiger partial charge in [-0.1, -0.05) is 84.9 Å². The van der Waals surface area contributed by atoms with E-state index in [1.54, 1.807) is 74.4 Å². The monoisotopic (exact) mass is 800 g/mol. The Morgan fingerprint density at radius 2 is 1.20 bits per heavy atom. The second-order valence-corrected chi connectivity index (χ2v) is 16.8. The highest BCUT2D eigenvalue weighted by molar-refractivity contribution is 6.14. The highest BCUT2D eigenvalue weighted by Gasteiger charge is 2.38. The zero-order valence-corrected chi connectivity index (χ0v) is 34.9. The molecule has 0 aliphatic heterocycles. The molecule has 0 unspecified atom stereocenters. The van der Waals surface area contributed by atoms with Crippen molar-refractivity contribution in [2.45, 2.75) is 85.7 Å². The van der Waals surface area contributed by atoms with Crippen LogP contribution in [-0.2, 0) is 27.9 Å². The van der Waals surface area contributed by atoms with Crippen LogP contribution in [0.3, 0.4) is 0 Å². The third-order valence-electron chi connectivity index (χ3n) is 8.46. The first-order valence-electron chi connectivity index (χ1n) is 19.0. The van der Waals surface area contributed by atoms with Crippen molar-refractivity contribution >= 4 is 57.5 Å². The number of hydrogen-bond donors (Lipinski definition) is 0. The highest BCUT2D eigenvalue weighted by Crippen LogP contribution is 2.37. The SMILES string of the molecule is Cn1c(=O)nc(N(C(=O)OC(C)(C)C)C(=O)OC(C)(C)C)c2c(OCc3ccccc3)nc(N(C(=O)OC(C)(C)C)c3ccc(-c4cccc5ccccc45)cc3)nc21. The number of imide groups is 1. The molecule has 0 N–H and O–H groups in total. The Balaban J connectivity index is 1.60. The number of anilines is 3. The summed E-state index contributed by atoms with van der Waals surface area (Å²) in [5.74, 6) is -0.949. The van der Waals surface area contributed by atoms with E-state index in [0.29, 0.717) is 10.6 Å². The smallest absolute Gasteiger partial charge is 0.425 e. The Hall–Kier alpha value is -6.83. The molecule has 0 atom stereocenters. The summed E-state index contributed by atoms with van der Waals surface area (Å²) in [4.78, 5) is 71.1. The number of fused-ring (bicyclic) bond motifs is 2. The van der Waals surface area contributed by atoms with Gasteiger partial charge < -0.3 is 18.9 Å². The molecule has 0 fully saturated rings. The van der Waals surface area contributed by atoms with Gasteiger partial charge in [0.2, 0.25) is 11.8 Å². The number of rotatable bonds is 7. The van der Waals surface area contributed by atoms with Crippen molar-refractivity contribution in [3.63, 3.8) is 0 Å². The fraction of sp³-hybridized carbons (Fsp3) is 0.311. The fourth-order valence-corrected chi connectivity index (χ4v) is 6.00. The van der Waals surface area contributed by atoms with Crippen molar-refractivity contribution in [2.24, 2.45) is 7.05 Å². The predicted octanol–water partition coefficient (Wildman–Crippen LogP) is 9.87. The van der Waals surface area contributed by atoms with Crippen LogP contribution in [0.5, 0.6) is 5.88 Å². The van der Waals surface area contributed by atoms with Crippen LogP contribution in [0, 0.1) is 0 Å². The second kappa shape index (κ2) is 16.2. The summed E-state index contributed by atoms with van der Waals surface area (Å²) in [7, 11) is 1.40. The minimum atomic E-state index is -1.17. The maximum absolute atomic E-state index is 14.3. The molecule has 0 bridgehead atoms. The van der Waals surface area contributed by atoms with Crippen molar-refractivity contribution in [3.05, 3.63) is 113 Å². The van der Waals surface area contributed by atoms with Gasteiger partial charge in [0.05, 0.1) is 5.69 Å². The first-order chi connectivity index (χ1) is 27.7. The maximum Gasteiger partial charge on any atom is 0.425 e. The van der Waals surface area contributed by atoms with Crippen molar-refractivity contribution in [1.29, 1.82) is 0 Å². The lowest BCUT2D eigenvalue weighted by atomic mass is 9.98. The first-order valence-corrected chi connectivity index (χ1v) is 19.0. The third kappa shape index (κ3) is 9.83. The van der Waals surface area contributed by atoms with Crippen LogP contribution in [0.2, 0.25) is 0 Å². The minimum absolute atomic E-state index is 0.0558. The molecule has 0 spiro atoms. The summed E-state index contributed by atoms with van der Waals surface area (Å²) >= 11 is 0. The fourth-order valence-electron chi connectivity index (χ4n) is 6.00. The number of hydrogen-bond acceptors (Lipinski definition) is 11. The topological polar surface area (TPSA) is 155 Å². The Bertz CT molecular complexity index is 2550. The summed E-state index contributed by atoms with van der Waals surface area (Å²) in [5, 5.41) is 2.02. The van der Waals surface area contributed by atoms with Crippen molar-refractivity contribution < 1.29 is 33.3 Å². The quantitative estimate of drug-likeness (QED) is 0.142. The summed E-state index contributed by atoms with van der Waals surface area (Å²) < 4.78 is 24.6. The summed E-state index contributed by atoms with van der Waals surface area (Å²) in [6.07, 6.45) is -3.17. The molecule has 0 aliphatic rings. The lowest BCUT2D eigenvalue weighted by Crippen LogP contribution is -2.45.